The number of carbonyl (C=O) groups is 2. The van der Waals surface area contributed by atoms with E-state index in [1.165, 1.54) is 16.5 Å². The number of fused-ring (bicyclic) bond motifs is 3. The summed E-state index contributed by atoms with van der Waals surface area (Å²) in [6, 6.07) is 32.4. The Balaban J connectivity index is 1.18. The largest absolute Gasteiger partial charge is 0.341 e. The summed E-state index contributed by atoms with van der Waals surface area (Å²) < 4.78 is 2.30. The minimum absolute atomic E-state index is 0.0263. The Bertz CT molecular complexity index is 1630. The van der Waals surface area contributed by atoms with Gasteiger partial charge in [-0.2, -0.15) is 0 Å². The molecule has 0 aliphatic carbocycles. The summed E-state index contributed by atoms with van der Waals surface area (Å²) in [5.41, 5.74) is 5.99. The van der Waals surface area contributed by atoms with Crippen molar-refractivity contribution in [2.75, 3.05) is 17.6 Å². The third-order valence-electron chi connectivity index (χ3n) is 7.26. The van der Waals surface area contributed by atoms with Gasteiger partial charge in [0.05, 0.1) is 5.75 Å². The van der Waals surface area contributed by atoms with Crippen LogP contribution in [0.1, 0.15) is 33.8 Å². The molecule has 5 nitrogen and oxygen atoms in total. The molecule has 1 aliphatic heterocycles. The number of hydrogen-bond donors (Lipinski definition) is 1. The van der Waals surface area contributed by atoms with Gasteiger partial charge in [0.1, 0.15) is 5.37 Å². The van der Waals surface area contributed by atoms with Gasteiger partial charge in [0.25, 0.3) is 5.91 Å². The standard InChI is InChI=1S/C32H29N3O2S/c1-2-34-28-11-7-6-10-26(28)27-20-25(16-17-29(27)34)33-31(37)23-12-14-24(15-13-23)32-35(30(36)21-38-32)19-18-22-8-4-3-5-9-22/h3-17,20,32H,2,18-19,21H2,1H3,(H,33,37)/t32-/m0/s1. The fourth-order valence-electron chi connectivity index (χ4n) is 5.34. The van der Waals surface area contributed by atoms with E-state index in [1.807, 2.05) is 59.5 Å². The van der Waals surface area contributed by atoms with Gasteiger partial charge in [-0.3, -0.25) is 9.59 Å². The maximum Gasteiger partial charge on any atom is 0.255 e. The molecular formula is C32H29N3O2S. The number of aromatic nitrogens is 1. The lowest BCUT2D eigenvalue weighted by molar-refractivity contribution is -0.128. The molecule has 0 saturated carbocycles. The molecule has 5 aromatic rings. The number of aryl methyl sites for hydroxylation is 1. The Kier molecular flexibility index (Phi) is 6.64. The van der Waals surface area contributed by atoms with Gasteiger partial charge in [-0.15, -0.1) is 11.8 Å². The smallest absolute Gasteiger partial charge is 0.255 e. The Morgan fingerprint density at radius 1 is 0.895 bits per heavy atom. The molecule has 6 heteroatoms. The summed E-state index contributed by atoms with van der Waals surface area (Å²) in [6.07, 6.45) is 0.825. The molecule has 1 N–H and O–H groups in total. The molecule has 0 bridgehead atoms. The van der Waals surface area contributed by atoms with Crippen LogP contribution in [0.25, 0.3) is 21.8 Å². The summed E-state index contributed by atoms with van der Waals surface area (Å²) in [7, 11) is 0. The highest BCUT2D eigenvalue weighted by molar-refractivity contribution is 8.00. The SMILES string of the molecule is CCn1c2ccccc2c2cc(NC(=O)c3ccc([C@@H]4SCC(=O)N4CCc4ccccc4)cc3)ccc21. The molecule has 190 valence electrons. The van der Waals surface area contributed by atoms with Gasteiger partial charge < -0.3 is 14.8 Å². The van der Waals surface area contributed by atoms with Crippen molar-refractivity contribution in [2.24, 2.45) is 0 Å². The zero-order chi connectivity index (χ0) is 26.1. The maximum absolute atomic E-state index is 13.1. The molecule has 4 aromatic carbocycles. The van der Waals surface area contributed by atoms with Crippen molar-refractivity contribution in [3.05, 3.63) is 114 Å². The summed E-state index contributed by atoms with van der Waals surface area (Å²) in [4.78, 5) is 27.6. The number of anilines is 1. The number of nitrogens with one attached hydrogen (secondary N) is 1. The lowest BCUT2D eigenvalue weighted by Crippen LogP contribution is -2.30. The van der Waals surface area contributed by atoms with Crippen molar-refractivity contribution >= 4 is 51.1 Å². The van der Waals surface area contributed by atoms with Crippen molar-refractivity contribution in [3.8, 4) is 0 Å². The van der Waals surface area contributed by atoms with Crippen LogP contribution in [0.15, 0.2) is 97.1 Å². The van der Waals surface area contributed by atoms with E-state index in [2.05, 4.69) is 59.3 Å². The average Bonchev–Trinajstić information content (AvgIpc) is 3.49. The Hall–Kier alpha value is -4.03. The Labute approximate surface area is 226 Å². The molecule has 38 heavy (non-hydrogen) atoms. The highest BCUT2D eigenvalue weighted by atomic mass is 32.2. The van der Waals surface area contributed by atoms with E-state index < -0.39 is 0 Å². The molecule has 1 aliphatic rings. The minimum atomic E-state index is -0.147. The first kappa shape index (κ1) is 24.3. The first-order valence-electron chi connectivity index (χ1n) is 13.0. The van der Waals surface area contributed by atoms with Gasteiger partial charge in [0.15, 0.2) is 0 Å². The summed E-state index contributed by atoms with van der Waals surface area (Å²) in [5.74, 6) is 0.502. The number of hydrogen-bond acceptors (Lipinski definition) is 3. The van der Waals surface area contributed by atoms with Crippen LogP contribution in [0.4, 0.5) is 5.69 Å². The molecule has 1 saturated heterocycles. The second-order valence-corrected chi connectivity index (χ2v) is 10.6. The maximum atomic E-state index is 13.1. The van der Waals surface area contributed by atoms with Gasteiger partial charge in [-0.25, -0.2) is 0 Å². The normalized spacial score (nSPS) is 15.4. The van der Waals surface area contributed by atoms with Crippen molar-refractivity contribution in [3.63, 3.8) is 0 Å². The van der Waals surface area contributed by atoms with Crippen LogP contribution in [-0.2, 0) is 17.8 Å². The number of amides is 2. The first-order valence-corrected chi connectivity index (χ1v) is 14.0. The van der Waals surface area contributed by atoms with E-state index in [0.29, 0.717) is 17.9 Å². The van der Waals surface area contributed by atoms with E-state index >= 15 is 0 Å². The Morgan fingerprint density at radius 3 is 2.42 bits per heavy atom. The zero-order valence-electron chi connectivity index (χ0n) is 21.3. The van der Waals surface area contributed by atoms with E-state index in [9.17, 15) is 9.59 Å². The minimum Gasteiger partial charge on any atom is -0.341 e. The number of rotatable bonds is 7. The second kappa shape index (κ2) is 10.4. The van der Waals surface area contributed by atoms with Crippen molar-refractivity contribution in [1.82, 2.24) is 9.47 Å². The predicted molar refractivity (Wildman–Crippen MR) is 157 cm³/mol. The quantitative estimate of drug-likeness (QED) is 0.255. The van der Waals surface area contributed by atoms with Crippen LogP contribution >= 0.6 is 11.8 Å². The molecule has 1 fully saturated rings. The summed E-state index contributed by atoms with van der Waals surface area (Å²) in [5, 5.41) is 5.36. The summed E-state index contributed by atoms with van der Waals surface area (Å²) >= 11 is 1.64. The van der Waals surface area contributed by atoms with Crippen LogP contribution in [0, 0.1) is 0 Å². The first-order chi connectivity index (χ1) is 18.6. The molecule has 2 amide bonds. The molecule has 1 atom stereocenters. The predicted octanol–water partition coefficient (Wildman–Crippen LogP) is 6.88. The Morgan fingerprint density at radius 2 is 1.63 bits per heavy atom. The number of thioether (sulfide) groups is 1. The van der Waals surface area contributed by atoms with Crippen LogP contribution in [0.5, 0.6) is 0 Å². The van der Waals surface area contributed by atoms with E-state index in [1.54, 1.807) is 11.8 Å². The highest BCUT2D eigenvalue weighted by Crippen LogP contribution is 2.38. The van der Waals surface area contributed by atoms with Crippen LogP contribution in [0.2, 0.25) is 0 Å². The molecule has 2 heterocycles. The molecule has 6 rings (SSSR count). The second-order valence-electron chi connectivity index (χ2n) is 9.56. The monoisotopic (exact) mass is 519 g/mol. The van der Waals surface area contributed by atoms with Gasteiger partial charge in [-0.05, 0) is 60.9 Å². The topological polar surface area (TPSA) is 54.3 Å². The van der Waals surface area contributed by atoms with Gasteiger partial charge >= 0.3 is 0 Å². The zero-order valence-corrected chi connectivity index (χ0v) is 22.1. The molecule has 0 radical (unpaired) electrons. The van der Waals surface area contributed by atoms with Crippen LogP contribution in [-0.4, -0.2) is 33.6 Å². The average molecular weight is 520 g/mol. The van der Waals surface area contributed by atoms with Crippen molar-refractivity contribution in [2.45, 2.75) is 25.3 Å². The lowest BCUT2D eigenvalue weighted by atomic mass is 10.1. The van der Waals surface area contributed by atoms with Crippen molar-refractivity contribution < 1.29 is 9.59 Å². The highest BCUT2D eigenvalue weighted by Gasteiger charge is 2.32. The van der Waals surface area contributed by atoms with E-state index in [-0.39, 0.29) is 17.2 Å². The molecule has 1 aromatic heterocycles. The molecular weight excluding hydrogens is 490 g/mol. The van der Waals surface area contributed by atoms with Crippen LogP contribution < -0.4 is 5.32 Å². The van der Waals surface area contributed by atoms with Gasteiger partial charge in [-0.1, -0.05) is 60.7 Å². The number of benzene rings is 4. The number of para-hydroxylation sites is 1. The van der Waals surface area contributed by atoms with Crippen LogP contribution in [0.3, 0.4) is 0 Å². The number of carbonyl (C=O) groups excluding carboxylic acids is 2. The fourth-order valence-corrected chi connectivity index (χ4v) is 6.56. The third kappa shape index (κ3) is 4.56. The van der Waals surface area contributed by atoms with E-state index in [4.69, 9.17) is 0 Å². The molecule has 0 spiro atoms. The number of nitrogens with zero attached hydrogens (tertiary/aromatic N) is 2. The lowest BCUT2D eigenvalue weighted by Gasteiger charge is -2.24. The molecule has 0 unspecified atom stereocenters. The van der Waals surface area contributed by atoms with Gasteiger partial charge in [0, 0.05) is 46.1 Å². The fraction of sp³-hybridized carbons (Fsp3) is 0.188. The summed E-state index contributed by atoms with van der Waals surface area (Å²) in [6.45, 7) is 3.71. The van der Waals surface area contributed by atoms with E-state index in [0.717, 1.165) is 35.1 Å². The third-order valence-corrected chi connectivity index (χ3v) is 8.51. The van der Waals surface area contributed by atoms with Crippen molar-refractivity contribution in [1.29, 1.82) is 0 Å². The van der Waals surface area contributed by atoms with Gasteiger partial charge in [0.2, 0.25) is 5.91 Å².